The second kappa shape index (κ2) is 9.26. The van der Waals surface area contributed by atoms with E-state index in [1.807, 2.05) is 37.3 Å². The Hall–Kier alpha value is -4.72. The van der Waals surface area contributed by atoms with E-state index in [0.29, 0.717) is 30.4 Å². The lowest BCUT2D eigenvalue weighted by molar-refractivity contribution is 0.0925. The Morgan fingerprint density at radius 1 is 0.914 bits per heavy atom. The first-order chi connectivity index (χ1) is 17.0. The van der Waals surface area contributed by atoms with Gasteiger partial charge < -0.3 is 10.1 Å². The van der Waals surface area contributed by atoms with E-state index < -0.39 is 17.7 Å². The van der Waals surface area contributed by atoms with Crippen molar-refractivity contribution in [2.45, 2.75) is 13.5 Å². The first-order valence-corrected chi connectivity index (χ1v) is 11.2. The van der Waals surface area contributed by atoms with E-state index in [1.165, 1.54) is 12.1 Å². The van der Waals surface area contributed by atoms with E-state index in [4.69, 9.17) is 4.74 Å². The lowest BCUT2D eigenvalue weighted by atomic mass is 10.1. The average molecular weight is 466 g/mol. The molecular formula is C27H22N4O4. The zero-order valence-corrected chi connectivity index (χ0v) is 19.0. The third-order valence-corrected chi connectivity index (χ3v) is 5.69. The van der Waals surface area contributed by atoms with E-state index in [9.17, 15) is 14.4 Å². The topological polar surface area (TPSA) is 93.5 Å². The first-order valence-electron chi connectivity index (χ1n) is 11.2. The van der Waals surface area contributed by atoms with E-state index in [-0.39, 0.29) is 16.7 Å². The molecule has 0 radical (unpaired) electrons. The molecule has 174 valence electrons. The third kappa shape index (κ3) is 4.29. The van der Waals surface area contributed by atoms with Crippen LogP contribution in [0.25, 0.3) is 0 Å². The fourth-order valence-electron chi connectivity index (χ4n) is 3.98. The third-order valence-electron chi connectivity index (χ3n) is 5.69. The maximum atomic E-state index is 13.1. The van der Waals surface area contributed by atoms with Gasteiger partial charge in [-0.3, -0.25) is 14.4 Å². The molecule has 2 heterocycles. The molecule has 0 aliphatic carbocycles. The summed E-state index contributed by atoms with van der Waals surface area (Å²) in [7, 11) is 0. The van der Waals surface area contributed by atoms with Crippen LogP contribution in [0.5, 0.6) is 5.75 Å². The standard InChI is InChI=1S/C27H22N4O4/c1-2-35-21-11-9-20(10-12-21)31-26(33)22-13-8-19(16-23(22)27(31)34)25(32)29-24-14-15-28-30(24)17-18-6-4-3-5-7-18/h3-16H,2,17H2,1H3,(H,29,32). The summed E-state index contributed by atoms with van der Waals surface area (Å²) in [5.41, 5.74) is 2.20. The van der Waals surface area contributed by atoms with Crippen LogP contribution in [-0.2, 0) is 6.54 Å². The molecule has 1 aliphatic heterocycles. The molecule has 1 aliphatic rings. The molecule has 1 aromatic heterocycles. The number of aromatic nitrogens is 2. The minimum absolute atomic E-state index is 0.189. The largest absolute Gasteiger partial charge is 0.494 e. The number of ether oxygens (including phenoxy) is 1. The van der Waals surface area contributed by atoms with Gasteiger partial charge in [-0.05, 0) is 55.0 Å². The molecule has 0 saturated heterocycles. The summed E-state index contributed by atoms with van der Waals surface area (Å²) >= 11 is 0. The van der Waals surface area contributed by atoms with Crippen molar-refractivity contribution in [1.29, 1.82) is 0 Å². The lowest BCUT2D eigenvalue weighted by Crippen LogP contribution is -2.29. The SMILES string of the molecule is CCOc1ccc(N2C(=O)c3ccc(C(=O)Nc4ccnn4Cc4ccccc4)cc3C2=O)cc1. The summed E-state index contributed by atoms with van der Waals surface area (Å²) in [6.07, 6.45) is 1.61. The highest BCUT2D eigenvalue weighted by atomic mass is 16.5. The van der Waals surface area contributed by atoms with E-state index in [0.717, 1.165) is 10.5 Å². The lowest BCUT2D eigenvalue weighted by Gasteiger charge is -2.14. The van der Waals surface area contributed by atoms with Crippen LogP contribution in [0.15, 0.2) is 85.1 Å². The van der Waals surface area contributed by atoms with Crippen LogP contribution < -0.4 is 15.0 Å². The van der Waals surface area contributed by atoms with Crippen molar-refractivity contribution in [2.24, 2.45) is 0 Å². The van der Waals surface area contributed by atoms with Gasteiger partial charge >= 0.3 is 0 Å². The van der Waals surface area contributed by atoms with Crippen LogP contribution in [0.2, 0.25) is 0 Å². The molecule has 0 unspecified atom stereocenters. The van der Waals surface area contributed by atoms with Crippen LogP contribution in [0.3, 0.4) is 0 Å². The molecule has 0 saturated carbocycles. The summed E-state index contributed by atoms with van der Waals surface area (Å²) < 4.78 is 7.11. The van der Waals surface area contributed by atoms with Crippen LogP contribution in [0, 0.1) is 0 Å². The van der Waals surface area contributed by atoms with E-state index in [1.54, 1.807) is 47.3 Å². The highest BCUT2D eigenvalue weighted by Gasteiger charge is 2.37. The predicted octanol–water partition coefficient (Wildman–Crippen LogP) is 4.38. The minimum atomic E-state index is -0.474. The molecule has 3 aromatic carbocycles. The van der Waals surface area contributed by atoms with Crippen LogP contribution >= 0.6 is 0 Å². The van der Waals surface area contributed by atoms with Gasteiger partial charge in [-0.2, -0.15) is 5.10 Å². The minimum Gasteiger partial charge on any atom is -0.494 e. The van der Waals surface area contributed by atoms with Gasteiger partial charge in [0.15, 0.2) is 0 Å². The van der Waals surface area contributed by atoms with Crippen molar-refractivity contribution in [3.05, 3.63) is 107 Å². The second-order valence-electron chi connectivity index (χ2n) is 7.95. The number of amides is 3. The maximum absolute atomic E-state index is 13.1. The summed E-state index contributed by atoms with van der Waals surface area (Å²) in [4.78, 5) is 40.1. The quantitative estimate of drug-likeness (QED) is 0.408. The number of benzene rings is 3. The normalized spacial score (nSPS) is 12.5. The Bertz CT molecular complexity index is 1410. The number of nitrogens with zero attached hydrogens (tertiary/aromatic N) is 3. The molecule has 0 spiro atoms. The van der Waals surface area contributed by atoms with Gasteiger partial charge in [0.2, 0.25) is 0 Å². The van der Waals surface area contributed by atoms with E-state index in [2.05, 4.69) is 10.4 Å². The maximum Gasteiger partial charge on any atom is 0.266 e. The summed E-state index contributed by atoms with van der Waals surface area (Å²) in [6.45, 7) is 2.89. The predicted molar refractivity (Wildman–Crippen MR) is 131 cm³/mol. The summed E-state index contributed by atoms with van der Waals surface area (Å²) in [5, 5.41) is 7.13. The van der Waals surface area contributed by atoms with Crippen molar-refractivity contribution < 1.29 is 19.1 Å². The van der Waals surface area contributed by atoms with Gasteiger partial charge in [0, 0.05) is 11.6 Å². The number of imide groups is 1. The number of fused-ring (bicyclic) bond motifs is 1. The number of carbonyl (C=O) groups is 3. The molecule has 5 rings (SSSR count). The van der Waals surface area contributed by atoms with E-state index >= 15 is 0 Å². The molecule has 8 heteroatoms. The summed E-state index contributed by atoms with van der Waals surface area (Å²) in [6, 6.07) is 22.7. The Morgan fingerprint density at radius 3 is 2.40 bits per heavy atom. The molecular weight excluding hydrogens is 444 g/mol. The highest BCUT2D eigenvalue weighted by Crippen LogP contribution is 2.30. The Kier molecular flexibility index (Phi) is 5.85. The van der Waals surface area contributed by atoms with Gasteiger partial charge in [0.1, 0.15) is 11.6 Å². The Balaban J connectivity index is 1.35. The summed E-state index contributed by atoms with van der Waals surface area (Å²) in [5.74, 6) is -0.126. The zero-order chi connectivity index (χ0) is 24.4. The van der Waals surface area contributed by atoms with Crippen molar-refractivity contribution in [3.8, 4) is 5.75 Å². The van der Waals surface area contributed by atoms with Crippen LogP contribution in [0.4, 0.5) is 11.5 Å². The Labute approximate surface area is 201 Å². The van der Waals surface area contributed by atoms with Crippen LogP contribution in [0.1, 0.15) is 43.6 Å². The first kappa shape index (κ1) is 22.1. The molecule has 4 aromatic rings. The van der Waals surface area contributed by atoms with Gasteiger partial charge in [-0.15, -0.1) is 0 Å². The molecule has 0 atom stereocenters. The molecule has 1 N–H and O–H groups in total. The Morgan fingerprint density at radius 2 is 1.66 bits per heavy atom. The van der Waals surface area contributed by atoms with Crippen molar-refractivity contribution >= 4 is 29.2 Å². The molecule has 8 nitrogen and oxygen atoms in total. The zero-order valence-electron chi connectivity index (χ0n) is 19.0. The van der Waals surface area contributed by atoms with Crippen molar-refractivity contribution in [2.75, 3.05) is 16.8 Å². The fraction of sp³-hybridized carbons (Fsp3) is 0.111. The number of nitrogens with one attached hydrogen (secondary N) is 1. The van der Waals surface area contributed by atoms with Crippen LogP contribution in [-0.4, -0.2) is 34.1 Å². The number of hydrogen-bond acceptors (Lipinski definition) is 5. The monoisotopic (exact) mass is 466 g/mol. The highest BCUT2D eigenvalue weighted by molar-refractivity contribution is 6.34. The smallest absolute Gasteiger partial charge is 0.266 e. The number of hydrogen-bond donors (Lipinski definition) is 1. The van der Waals surface area contributed by atoms with Crippen molar-refractivity contribution in [1.82, 2.24) is 9.78 Å². The van der Waals surface area contributed by atoms with Crippen molar-refractivity contribution in [3.63, 3.8) is 0 Å². The number of anilines is 2. The fourth-order valence-corrected chi connectivity index (χ4v) is 3.98. The second-order valence-corrected chi connectivity index (χ2v) is 7.95. The molecule has 3 amide bonds. The molecule has 0 fully saturated rings. The van der Waals surface area contributed by atoms with Gasteiger partial charge in [0.25, 0.3) is 17.7 Å². The molecule has 35 heavy (non-hydrogen) atoms. The molecule has 0 bridgehead atoms. The number of carbonyl (C=O) groups excluding carboxylic acids is 3. The average Bonchev–Trinajstić information content (AvgIpc) is 3.41. The van der Waals surface area contributed by atoms with Gasteiger partial charge in [0.05, 0.1) is 36.2 Å². The van der Waals surface area contributed by atoms with Gasteiger partial charge in [-0.1, -0.05) is 30.3 Å². The van der Waals surface area contributed by atoms with Gasteiger partial charge in [-0.25, -0.2) is 9.58 Å². The number of rotatable bonds is 7.